The number of anilines is 1. The molecule has 0 aliphatic carbocycles. The fourth-order valence-electron chi connectivity index (χ4n) is 1.95. The molecule has 1 amide bonds. The van der Waals surface area contributed by atoms with E-state index in [0.29, 0.717) is 5.75 Å². The van der Waals surface area contributed by atoms with Crippen molar-refractivity contribution in [3.63, 3.8) is 0 Å². The summed E-state index contributed by atoms with van der Waals surface area (Å²) in [6, 6.07) is 8.85. The van der Waals surface area contributed by atoms with Gasteiger partial charge in [0, 0.05) is 6.42 Å². The SMILES string of the molecule is COc1ccc(S(=O)(=O)CCC(=O)Nc2c(F)cccc2F)cc1. The van der Waals surface area contributed by atoms with Crippen molar-refractivity contribution in [1.82, 2.24) is 0 Å². The molecule has 2 rings (SSSR count). The van der Waals surface area contributed by atoms with Crippen LogP contribution in [0.25, 0.3) is 0 Å². The van der Waals surface area contributed by atoms with Gasteiger partial charge in [0.15, 0.2) is 9.84 Å². The summed E-state index contributed by atoms with van der Waals surface area (Å²) in [5.41, 5.74) is -0.593. The highest BCUT2D eigenvalue weighted by atomic mass is 32.2. The minimum atomic E-state index is -3.70. The van der Waals surface area contributed by atoms with Crippen molar-refractivity contribution in [2.45, 2.75) is 11.3 Å². The maximum Gasteiger partial charge on any atom is 0.225 e. The van der Waals surface area contributed by atoms with Crippen LogP contribution in [0, 0.1) is 11.6 Å². The second-order valence-corrected chi connectivity index (χ2v) is 7.00. The summed E-state index contributed by atoms with van der Waals surface area (Å²) in [5.74, 6) is -2.64. The van der Waals surface area contributed by atoms with Crippen molar-refractivity contribution >= 4 is 21.4 Å². The van der Waals surface area contributed by atoms with Gasteiger partial charge in [0.2, 0.25) is 5.91 Å². The number of benzene rings is 2. The second-order valence-electron chi connectivity index (χ2n) is 4.89. The van der Waals surface area contributed by atoms with Crippen molar-refractivity contribution in [2.24, 2.45) is 0 Å². The normalized spacial score (nSPS) is 11.1. The van der Waals surface area contributed by atoms with Gasteiger partial charge < -0.3 is 10.1 Å². The van der Waals surface area contributed by atoms with Gasteiger partial charge in [-0.05, 0) is 36.4 Å². The molecule has 2 aromatic rings. The van der Waals surface area contributed by atoms with E-state index in [-0.39, 0.29) is 4.90 Å². The van der Waals surface area contributed by atoms with E-state index < -0.39 is 45.2 Å². The number of nitrogens with one attached hydrogen (secondary N) is 1. The molecule has 0 radical (unpaired) electrons. The van der Waals surface area contributed by atoms with E-state index in [0.717, 1.165) is 18.2 Å². The van der Waals surface area contributed by atoms with Crippen molar-refractivity contribution in [1.29, 1.82) is 0 Å². The Hall–Kier alpha value is -2.48. The van der Waals surface area contributed by atoms with E-state index in [2.05, 4.69) is 0 Å². The molecule has 0 bridgehead atoms. The number of methoxy groups -OCH3 is 1. The minimum absolute atomic E-state index is 0.0353. The molecule has 24 heavy (non-hydrogen) atoms. The van der Waals surface area contributed by atoms with Crippen LogP contribution >= 0.6 is 0 Å². The fraction of sp³-hybridized carbons (Fsp3) is 0.188. The van der Waals surface area contributed by atoms with Crippen molar-refractivity contribution in [3.05, 3.63) is 54.1 Å². The van der Waals surface area contributed by atoms with E-state index in [1.54, 1.807) is 0 Å². The lowest BCUT2D eigenvalue weighted by Gasteiger charge is -2.08. The Kier molecular flexibility index (Phi) is 5.50. The quantitative estimate of drug-likeness (QED) is 0.865. The molecule has 0 atom stereocenters. The zero-order chi connectivity index (χ0) is 17.7. The average molecular weight is 355 g/mol. The third-order valence-electron chi connectivity index (χ3n) is 3.24. The van der Waals surface area contributed by atoms with Gasteiger partial charge in [-0.15, -0.1) is 0 Å². The third kappa shape index (κ3) is 4.29. The van der Waals surface area contributed by atoms with E-state index >= 15 is 0 Å². The number of carbonyl (C=O) groups excluding carboxylic acids is 1. The Bertz CT molecular complexity index is 815. The molecule has 0 spiro atoms. The summed E-state index contributed by atoms with van der Waals surface area (Å²) < 4.78 is 56.1. The van der Waals surface area contributed by atoms with E-state index in [1.807, 2.05) is 5.32 Å². The fourth-order valence-corrected chi connectivity index (χ4v) is 3.19. The molecule has 8 heteroatoms. The van der Waals surface area contributed by atoms with Crippen LogP contribution in [-0.2, 0) is 14.6 Å². The Balaban J connectivity index is 2.02. The molecule has 0 aliphatic rings. The zero-order valence-corrected chi connectivity index (χ0v) is 13.6. The van der Waals surface area contributed by atoms with Crippen molar-refractivity contribution < 1.29 is 26.7 Å². The van der Waals surface area contributed by atoms with Gasteiger partial charge in [-0.1, -0.05) is 6.07 Å². The maximum absolute atomic E-state index is 13.4. The Labute approximate surface area is 138 Å². The molecule has 0 aromatic heterocycles. The van der Waals surface area contributed by atoms with E-state index in [4.69, 9.17) is 4.74 Å². The number of halogens is 2. The highest BCUT2D eigenvalue weighted by molar-refractivity contribution is 7.91. The predicted octanol–water partition coefficient (Wildman–Crippen LogP) is 2.78. The molecule has 0 unspecified atom stereocenters. The first-order chi connectivity index (χ1) is 11.3. The number of sulfone groups is 1. The Morgan fingerprint density at radius 3 is 2.21 bits per heavy atom. The highest BCUT2D eigenvalue weighted by Gasteiger charge is 2.18. The zero-order valence-electron chi connectivity index (χ0n) is 12.8. The number of ether oxygens (including phenoxy) is 1. The molecular weight excluding hydrogens is 340 g/mol. The Morgan fingerprint density at radius 1 is 1.08 bits per heavy atom. The molecule has 0 heterocycles. The smallest absolute Gasteiger partial charge is 0.225 e. The summed E-state index contributed by atoms with van der Waals surface area (Å²) in [7, 11) is -2.24. The molecule has 0 fully saturated rings. The number of rotatable bonds is 6. The van der Waals surface area contributed by atoms with Crippen LogP contribution in [0.5, 0.6) is 5.75 Å². The molecule has 0 aliphatic heterocycles. The number of hydrogen-bond donors (Lipinski definition) is 1. The standard InChI is InChI=1S/C16H15F2NO4S/c1-23-11-5-7-12(8-6-11)24(21,22)10-9-15(20)19-16-13(17)3-2-4-14(16)18/h2-8H,9-10H2,1H3,(H,19,20). The van der Waals surface area contributed by atoms with Crippen LogP contribution in [0.2, 0.25) is 0 Å². The summed E-state index contributed by atoms with van der Waals surface area (Å²) >= 11 is 0. The lowest BCUT2D eigenvalue weighted by molar-refractivity contribution is -0.115. The first-order valence-corrected chi connectivity index (χ1v) is 8.59. The third-order valence-corrected chi connectivity index (χ3v) is 4.98. The first-order valence-electron chi connectivity index (χ1n) is 6.94. The van der Waals surface area contributed by atoms with Gasteiger partial charge in [0.25, 0.3) is 0 Å². The summed E-state index contributed by atoms with van der Waals surface area (Å²) in [6.45, 7) is 0. The Morgan fingerprint density at radius 2 is 1.67 bits per heavy atom. The van der Waals surface area contributed by atoms with Crippen LogP contribution < -0.4 is 10.1 Å². The lowest BCUT2D eigenvalue weighted by atomic mass is 10.3. The number of hydrogen-bond acceptors (Lipinski definition) is 4. The summed E-state index contributed by atoms with van der Waals surface area (Å²) in [4.78, 5) is 11.8. The van der Waals surface area contributed by atoms with Crippen molar-refractivity contribution in [3.8, 4) is 5.75 Å². The summed E-state index contributed by atoms with van der Waals surface area (Å²) in [5, 5.41) is 2.05. The summed E-state index contributed by atoms with van der Waals surface area (Å²) in [6.07, 6.45) is -0.428. The lowest BCUT2D eigenvalue weighted by Crippen LogP contribution is -2.18. The van der Waals surface area contributed by atoms with E-state index in [9.17, 15) is 22.0 Å². The van der Waals surface area contributed by atoms with Gasteiger partial charge in [0.1, 0.15) is 23.1 Å². The average Bonchev–Trinajstić information content (AvgIpc) is 2.56. The van der Waals surface area contributed by atoms with Gasteiger partial charge in [0.05, 0.1) is 17.8 Å². The largest absolute Gasteiger partial charge is 0.497 e. The molecule has 2 aromatic carbocycles. The molecule has 0 saturated heterocycles. The van der Waals surface area contributed by atoms with Crippen LogP contribution in [0.15, 0.2) is 47.4 Å². The first kappa shape index (κ1) is 17.9. The molecule has 128 valence electrons. The van der Waals surface area contributed by atoms with Crippen molar-refractivity contribution in [2.75, 3.05) is 18.2 Å². The number of amides is 1. The van der Waals surface area contributed by atoms with Crippen LogP contribution in [0.3, 0.4) is 0 Å². The van der Waals surface area contributed by atoms with Crippen LogP contribution in [0.1, 0.15) is 6.42 Å². The maximum atomic E-state index is 13.4. The van der Waals surface area contributed by atoms with Crippen LogP contribution in [0.4, 0.5) is 14.5 Å². The molecule has 5 nitrogen and oxygen atoms in total. The number of carbonyl (C=O) groups is 1. The predicted molar refractivity (Wildman–Crippen MR) is 84.7 cm³/mol. The highest BCUT2D eigenvalue weighted by Crippen LogP contribution is 2.19. The monoisotopic (exact) mass is 355 g/mol. The van der Waals surface area contributed by atoms with Gasteiger partial charge >= 0.3 is 0 Å². The van der Waals surface area contributed by atoms with Gasteiger partial charge in [-0.2, -0.15) is 0 Å². The molecule has 0 saturated carbocycles. The molecular formula is C16H15F2NO4S. The van der Waals surface area contributed by atoms with Gasteiger partial charge in [-0.25, -0.2) is 17.2 Å². The molecule has 1 N–H and O–H groups in total. The second kappa shape index (κ2) is 7.39. The van der Waals surface area contributed by atoms with Crippen LogP contribution in [-0.4, -0.2) is 27.2 Å². The van der Waals surface area contributed by atoms with Gasteiger partial charge in [-0.3, -0.25) is 4.79 Å². The number of para-hydroxylation sites is 1. The minimum Gasteiger partial charge on any atom is -0.497 e. The topological polar surface area (TPSA) is 72.5 Å². The van der Waals surface area contributed by atoms with E-state index in [1.165, 1.54) is 31.4 Å².